The lowest BCUT2D eigenvalue weighted by atomic mass is 10.5. The molecular formula is C11H17NO3S2. The van der Waals surface area contributed by atoms with Gasteiger partial charge in [-0.05, 0) is 30.7 Å². The van der Waals surface area contributed by atoms with Gasteiger partial charge < -0.3 is 5.11 Å². The Morgan fingerprint density at radius 3 is 2.76 bits per heavy atom. The third-order valence-electron chi connectivity index (χ3n) is 2.83. The molecule has 0 atom stereocenters. The van der Waals surface area contributed by atoms with Crippen molar-refractivity contribution in [3.63, 3.8) is 0 Å². The van der Waals surface area contributed by atoms with Gasteiger partial charge in [-0.15, -0.1) is 11.3 Å². The van der Waals surface area contributed by atoms with E-state index in [-0.39, 0.29) is 17.5 Å². The van der Waals surface area contributed by atoms with E-state index >= 15 is 0 Å². The Balaban J connectivity index is 2.33. The molecule has 2 rings (SSSR count). The Hall–Kier alpha value is -0.430. The lowest BCUT2D eigenvalue weighted by molar-refractivity contribution is 0.282. The molecule has 6 heteroatoms. The number of aliphatic hydroxyl groups excluding tert-OH is 1. The number of hydrogen-bond donors (Lipinski definition) is 1. The Morgan fingerprint density at radius 1 is 1.53 bits per heavy atom. The maximum atomic E-state index is 12.5. The number of thiophene rings is 1. The first kappa shape index (κ1) is 13.0. The maximum absolute atomic E-state index is 12.5. The molecule has 1 saturated carbocycles. The number of hydrogen-bond acceptors (Lipinski definition) is 4. The molecule has 1 fully saturated rings. The van der Waals surface area contributed by atoms with Crippen LogP contribution in [0.3, 0.4) is 0 Å². The first-order chi connectivity index (χ1) is 8.11. The van der Waals surface area contributed by atoms with Crippen molar-refractivity contribution in [2.24, 2.45) is 0 Å². The molecule has 0 unspecified atom stereocenters. The number of rotatable bonds is 6. The largest absolute Gasteiger partial charge is 0.391 e. The first-order valence-corrected chi connectivity index (χ1v) is 8.12. The van der Waals surface area contributed by atoms with Crippen LogP contribution in [0.5, 0.6) is 0 Å². The molecule has 1 N–H and O–H groups in total. The predicted octanol–water partition coefficient (Wildman–Crippen LogP) is 1.80. The lowest BCUT2D eigenvalue weighted by Gasteiger charge is -2.21. The van der Waals surface area contributed by atoms with Gasteiger partial charge in [0, 0.05) is 17.5 Å². The van der Waals surface area contributed by atoms with Crippen molar-refractivity contribution in [2.75, 3.05) is 6.54 Å². The van der Waals surface area contributed by atoms with E-state index in [0.29, 0.717) is 11.4 Å². The highest BCUT2D eigenvalue weighted by molar-refractivity contribution is 7.89. The van der Waals surface area contributed by atoms with Gasteiger partial charge in [0.2, 0.25) is 10.0 Å². The molecular weight excluding hydrogens is 258 g/mol. The van der Waals surface area contributed by atoms with Gasteiger partial charge in [0.25, 0.3) is 0 Å². The van der Waals surface area contributed by atoms with Crippen LogP contribution in [-0.2, 0) is 16.6 Å². The van der Waals surface area contributed by atoms with Gasteiger partial charge in [0.05, 0.1) is 11.5 Å². The second-order valence-corrected chi connectivity index (χ2v) is 7.07. The van der Waals surface area contributed by atoms with Crippen molar-refractivity contribution >= 4 is 21.4 Å². The summed E-state index contributed by atoms with van der Waals surface area (Å²) in [4.78, 5) is 0.817. The summed E-state index contributed by atoms with van der Waals surface area (Å²) in [6, 6.07) is 1.77. The lowest BCUT2D eigenvalue weighted by Crippen LogP contribution is -2.34. The van der Waals surface area contributed by atoms with E-state index in [1.165, 1.54) is 11.3 Å². The van der Waals surface area contributed by atoms with Gasteiger partial charge in [-0.25, -0.2) is 8.42 Å². The van der Waals surface area contributed by atoms with Crippen LogP contribution >= 0.6 is 11.3 Å². The van der Waals surface area contributed by atoms with E-state index < -0.39 is 10.0 Å². The average molecular weight is 275 g/mol. The summed E-state index contributed by atoms with van der Waals surface area (Å²) in [5.74, 6) is 0. The van der Waals surface area contributed by atoms with E-state index in [2.05, 4.69) is 0 Å². The Morgan fingerprint density at radius 2 is 2.24 bits per heavy atom. The maximum Gasteiger partial charge on any atom is 0.244 e. The first-order valence-electron chi connectivity index (χ1n) is 5.80. The van der Waals surface area contributed by atoms with Crippen molar-refractivity contribution in [1.29, 1.82) is 0 Å². The molecule has 0 spiro atoms. The zero-order chi connectivity index (χ0) is 12.5. The van der Waals surface area contributed by atoms with Crippen LogP contribution in [0.2, 0.25) is 0 Å². The molecule has 0 bridgehead atoms. The summed E-state index contributed by atoms with van der Waals surface area (Å²) in [6.45, 7) is 2.33. The molecule has 1 heterocycles. The fourth-order valence-corrected chi connectivity index (χ4v) is 4.93. The Bertz CT molecular complexity index is 477. The van der Waals surface area contributed by atoms with Gasteiger partial charge in [-0.3, -0.25) is 0 Å². The van der Waals surface area contributed by atoms with Crippen LogP contribution in [0.1, 0.15) is 31.1 Å². The molecule has 96 valence electrons. The molecule has 0 aromatic carbocycles. The normalized spacial score (nSPS) is 16.6. The molecule has 1 aromatic rings. The van der Waals surface area contributed by atoms with Crippen LogP contribution in [0.25, 0.3) is 0 Å². The molecule has 1 aliphatic rings. The Kier molecular flexibility index (Phi) is 3.87. The minimum atomic E-state index is -3.42. The summed E-state index contributed by atoms with van der Waals surface area (Å²) in [5, 5.41) is 10.9. The monoisotopic (exact) mass is 275 g/mol. The van der Waals surface area contributed by atoms with Gasteiger partial charge in [-0.2, -0.15) is 4.31 Å². The topological polar surface area (TPSA) is 57.6 Å². The highest BCUT2D eigenvalue weighted by atomic mass is 32.2. The smallest absolute Gasteiger partial charge is 0.244 e. The summed E-state index contributed by atoms with van der Waals surface area (Å²) in [5.41, 5.74) is 0. The summed E-state index contributed by atoms with van der Waals surface area (Å²) in [6.07, 6.45) is 2.73. The summed E-state index contributed by atoms with van der Waals surface area (Å²) >= 11 is 1.29. The molecule has 1 aliphatic carbocycles. The van der Waals surface area contributed by atoms with E-state index in [9.17, 15) is 8.42 Å². The van der Waals surface area contributed by atoms with Gasteiger partial charge in [0.1, 0.15) is 0 Å². The fraction of sp³-hybridized carbons (Fsp3) is 0.636. The third-order valence-corrected chi connectivity index (χ3v) is 5.90. The van der Waals surface area contributed by atoms with Crippen molar-refractivity contribution < 1.29 is 13.5 Å². The zero-order valence-electron chi connectivity index (χ0n) is 9.80. The molecule has 0 radical (unpaired) electrons. The van der Waals surface area contributed by atoms with Crippen molar-refractivity contribution in [2.45, 2.75) is 43.7 Å². The van der Waals surface area contributed by atoms with E-state index in [4.69, 9.17) is 5.11 Å². The minimum absolute atomic E-state index is 0.173. The van der Waals surface area contributed by atoms with Crippen LogP contribution in [0.15, 0.2) is 16.3 Å². The second-order valence-electron chi connectivity index (χ2n) is 4.21. The van der Waals surface area contributed by atoms with Gasteiger partial charge >= 0.3 is 0 Å². The van der Waals surface area contributed by atoms with Crippen LogP contribution < -0.4 is 0 Å². The van der Waals surface area contributed by atoms with Gasteiger partial charge in [-0.1, -0.05) is 6.92 Å². The molecule has 0 amide bonds. The minimum Gasteiger partial charge on any atom is -0.391 e. The summed E-state index contributed by atoms with van der Waals surface area (Å²) in [7, 11) is -3.42. The predicted molar refractivity (Wildman–Crippen MR) is 67.4 cm³/mol. The second kappa shape index (κ2) is 5.06. The van der Waals surface area contributed by atoms with E-state index in [1.807, 2.05) is 6.92 Å². The average Bonchev–Trinajstić information content (AvgIpc) is 3.00. The molecule has 0 saturated heterocycles. The molecule has 4 nitrogen and oxygen atoms in total. The third kappa shape index (κ3) is 2.54. The van der Waals surface area contributed by atoms with E-state index in [1.54, 1.807) is 15.8 Å². The SMILES string of the molecule is CCCN(C1CC1)S(=O)(=O)c1ccsc1CO. The van der Waals surface area contributed by atoms with E-state index in [0.717, 1.165) is 19.3 Å². The van der Waals surface area contributed by atoms with Gasteiger partial charge in [0.15, 0.2) is 0 Å². The van der Waals surface area contributed by atoms with Crippen LogP contribution in [0, 0.1) is 0 Å². The zero-order valence-corrected chi connectivity index (χ0v) is 11.4. The standard InChI is InChI=1S/C11H17NO3S2/c1-2-6-12(9-3-4-9)17(14,15)11-5-7-16-10(11)8-13/h5,7,9,13H,2-4,6,8H2,1H3. The number of sulfonamides is 1. The van der Waals surface area contributed by atoms with Crippen LogP contribution in [-0.4, -0.2) is 30.4 Å². The number of nitrogens with zero attached hydrogens (tertiary/aromatic N) is 1. The Labute approximate surface area is 106 Å². The van der Waals surface area contributed by atoms with Crippen molar-refractivity contribution in [1.82, 2.24) is 4.31 Å². The highest BCUT2D eigenvalue weighted by Gasteiger charge is 2.38. The van der Waals surface area contributed by atoms with Crippen LogP contribution in [0.4, 0.5) is 0 Å². The fourth-order valence-electron chi connectivity index (χ4n) is 1.88. The van der Waals surface area contributed by atoms with Crippen molar-refractivity contribution in [3.8, 4) is 0 Å². The molecule has 17 heavy (non-hydrogen) atoms. The molecule has 1 aromatic heterocycles. The summed E-state index contributed by atoms with van der Waals surface area (Å²) < 4.78 is 26.5. The quantitative estimate of drug-likeness (QED) is 0.861. The molecule has 0 aliphatic heterocycles. The number of aliphatic hydroxyl groups is 1. The van der Waals surface area contributed by atoms with Crippen molar-refractivity contribution in [3.05, 3.63) is 16.3 Å². The highest BCUT2D eigenvalue weighted by Crippen LogP contribution is 2.34.